The predicted octanol–water partition coefficient (Wildman–Crippen LogP) is 1.57. The molecular formula is C10H24N2OS. The third kappa shape index (κ3) is 9.86. The van der Waals surface area contributed by atoms with Gasteiger partial charge in [0.25, 0.3) is 0 Å². The molecule has 0 aromatic rings. The number of carbonyl (C=O) groups excluding carboxylic acids is 1. The van der Waals surface area contributed by atoms with E-state index in [-0.39, 0.29) is 5.91 Å². The van der Waals surface area contributed by atoms with Gasteiger partial charge in [-0.05, 0) is 5.75 Å². The minimum Gasteiger partial charge on any atom is -0.344 e. The molecule has 3 nitrogen and oxygen atoms in total. The minimum absolute atomic E-state index is 0.196. The van der Waals surface area contributed by atoms with Gasteiger partial charge in [0, 0.05) is 32.3 Å². The number of likely N-dealkylation sites (N-methyl/N-ethyl adjacent to an activating group) is 1. The molecule has 86 valence electrons. The Morgan fingerprint density at radius 2 is 2.00 bits per heavy atom. The largest absolute Gasteiger partial charge is 0.344 e. The van der Waals surface area contributed by atoms with Crippen molar-refractivity contribution >= 4 is 17.7 Å². The average molecular weight is 220 g/mol. The molecule has 1 amide bonds. The molecule has 0 atom stereocenters. The van der Waals surface area contributed by atoms with E-state index in [1.807, 2.05) is 13.8 Å². The van der Waals surface area contributed by atoms with Gasteiger partial charge in [-0.2, -0.15) is 11.8 Å². The third-order valence-electron chi connectivity index (χ3n) is 1.55. The Kier molecular flexibility index (Phi) is 14.8. The molecule has 0 spiro atoms. The number of hydrogen-bond donors (Lipinski definition) is 1. The monoisotopic (exact) mass is 220 g/mol. The van der Waals surface area contributed by atoms with Crippen LogP contribution < -0.4 is 5.73 Å². The number of nitrogens with two attached hydrogens (primary N) is 1. The van der Waals surface area contributed by atoms with Crippen molar-refractivity contribution in [2.24, 2.45) is 5.73 Å². The summed E-state index contributed by atoms with van der Waals surface area (Å²) in [7, 11) is 1.80. The summed E-state index contributed by atoms with van der Waals surface area (Å²) in [6.45, 7) is 7.30. The van der Waals surface area contributed by atoms with Gasteiger partial charge in [-0.25, -0.2) is 0 Å². The molecule has 0 aliphatic rings. The van der Waals surface area contributed by atoms with Crippen molar-refractivity contribution in [3.8, 4) is 0 Å². The molecule has 0 rings (SSSR count). The van der Waals surface area contributed by atoms with Crippen molar-refractivity contribution in [2.75, 3.05) is 31.6 Å². The smallest absolute Gasteiger partial charge is 0.223 e. The summed E-state index contributed by atoms with van der Waals surface area (Å²) in [5.74, 6) is 2.19. The Morgan fingerprint density at radius 3 is 2.43 bits per heavy atom. The molecule has 2 N–H and O–H groups in total. The van der Waals surface area contributed by atoms with Gasteiger partial charge in [0.05, 0.1) is 0 Å². The van der Waals surface area contributed by atoms with Gasteiger partial charge in [-0.3, -0.25) is 4.79 Å². The third-order valence-corrected chi connectivity index (χ3v) is 2.46. The zero-order valence-electron chi connectivity index (χ0n) is 9.88. The number of hydrogen-bond acceptors (Lipinski definition) is 3. The van der Waals surface area contributed by atoms with Gasteiger partial charge in [0.2, 0.25) is 5.91 Å². The number of carbonyl (C=O) groups is 1. The normalized spacial score (nSPS) is 8.93. The highest BCUT2D eigenvalue weighted by molar-refractivity contribution is 7.99. The molecule has 0 bridgehead atoms. The first-order chi connectivity index (χ1) is 6.72. The molecule has 14 heavy (non-hydrogen) atoms. The highest BCUT2D eigenvalue weighted by Crippen LogP contribution is 2.02. The molecule has 4 heteroatoms. The molecule has 0 aromatic carbocycles. The van der Waals surface area contributed by atoms with E-state index in [4.69, 9.17) is 5.73 Å². The molecule has 0 heterocycles. The fraction of sp³-hybridized carbons (Fsp3) is 0.900. The lowest BCUT2D eigenvalue weighted by Crippen LogP contribution is -2.31. The molecule has 0 unspecified atom stereocenters. The van der Waals surface area contributed by atoms with Crippen LogP contribution in [-0.2, 0) is 4.79 Å². The Labute approximate surface area is 92.4 Å². The highest BCUT2D eigenvalue weighted by Gasteiger charge is 2.05. The number of thioether (sulfide) groups is 1. The minimum atomic E-state index is 0.196. The second kappa shape index (κ2) is 12.8. The number of amides is 1. The number of rotatable bonds is 6. The summed E-state index contributed by atoms with van der Waals surface area (Å²) in [6.07, 6.45) is 0.634. The summed E-state index contributed by atoms with van der Waals surface area (Å²) >= 11 is 1.79. The summed E-state index contributed by atoms with van der Waals surface area (Å²) in [6, 6.07) is 0. The summed E-state index contributed by atoms with van der Waals surface area (Å²) < 4.78 is 0. The fourth-order valence-corrected chi connectivity index (χ4v) is 1.42. The van der Waals surface area contributed by atoms with Crippen LogP contribution >= 0.6 is 11.8 Å². The van der Waals surface area contributed by atoms with Gasteiger partial charge in [0.15, 0.2) is 0 Å². The second-order valence-electron chi connectivity index (χ2n) is 2.55. The van der Waals surface area contributed by atoms with Crippen LogP contribution in [0.3, 0.4) is 0 Å². The first-order valence-electron chi connectivity index (χ1n) is 5.24. The maximum atomic E-state index is 11.3. The van der Waals surface area contributed by atoms with Crippen molar-refractivity contribution in [3.63, 3.8) is 0 Å². The number of nitrogens with zero attached hydrogens (tertiary/aromatic N) is 1. The van der Waals surface area contributed by atoms with Gasteiger partial charge in [-0.1, -0.05) is 20.8 Å². The first-order valence-corrected chi connectivity index (χ1v) is 6.39. The van der Waals surface area contributed by atoms with Crippen molar-refractivity contribution in [2.45, 2.75) is 27.2 Å². The lowest BCUT2D eigenvalue weighted by atomic mass is 10.4. The van der Waals surface area contributed by atoms with E-state index in [9.17, 15) is 4.79 Å². The highest BCUT2D eigenvalue weighted by atomic mass is 32.2. The Balaban J connectivity index is 0. The van der Waals surface area contributed by atoms with Crippen LogP contribution in [0.5, 0.6) is 0 Å². The molecule has 0 aliphatic heterocycles. The molecular weight excluding hydrogens is 196 g/mol. The Hall–Kier alpha value is -0.220. The van der Waals surface area contributed by atoms with Crippen LogP contribution in [0.15, 0.2) is 0 Å². The lowest BCUT2D eigenvalue weighted by Gasteiger charge is -2.15. The van der Waals surface area contributed by atoms with E-state index in [2.05, 4.69) is 6.92 Å². The first kappa shape index (κ1) is 16.2. The van der Waals surface area contributed by atoms with Crippen LogP contribution in [0, 0.1) is 0 Å². The van der Waals surface area contributed by atoms with E-state index < -0.39 is 0 Å². The van der Waals surface area contributed by atoms with Crippen LogP contribution in [-0.4, -0.2) is 42.4 Å². The molecule has 0 radical (unpaired) electrons. The van der Waals surface area contributed by atoms with Crippen LogP contribution in [0.4, 0.5) is 0 Å². The fourth-order valence-electron chi connectivity index (χ4n) is 0.813. The van der Waals surface area contributed by atoms with Crippen molar-refractivity contribution < 1.29 is 4.79 Å². The van der Waals surface area contributed by atoms with E-state index >= 15 is 0 Å². The van der Waals surface area contributed by atoms with Gasteiger partial charge < -0.3 is 10.6 Å². The molecule has 0 saturated heterocycles. The second-order valence-corrected chi connectivity index (χ2v) is 3.94. The maximum absolute atomic E-state index is 11.3. The summed E-state index contributed by atoms with van der Waals surface area (Å²) in [4.78, 5) is 13.0. The molecule has 0 fully saturated rings. The van der Waals surface area contributed by atoms with E-state index in [1.54, 1.807) is 23.7 Å². The van der Waals surface area contributed by atoms with Crippen molar-refractivity contribution in [1.29, 1.82) is 0 Å². The molecule has 0 aromatic heterocycles. The van der Waals surface area contributed by atoms with Gasteiger partial charge >= 0.3 is 0 Å². The Morgan fingerprint density at radius 1 is 1.43 bits per heavy atom. The summed E-state index contributed by atoms with van der Waals surface area (Å²) in [5, 5.41) is 0. The Bertz CT molecular complexity index is 131. The topological polar surface area (TPSA) is 46.3 Å². The average Bonchev–Trinajstić information content (AvgIpc) is 2.21. The predicted molar refractivity (Wildman–Crippen MR) is 65.7 cm³/mol. The van der Waals surface area contributed by atoms with E-state index in [0.29, 0.717) is 19.5 Å². The molecule has 0 saturated carbocycles. The summed E-state index contributed by atoms with van der Waals surface area (Å²) in [5.41, 5.74) is 5.32. The quantitative estimate of drug-likeness (QED) is 0.691. The van der Waals surface area contributed by atoms with E-state index in [1.165, 1.54) is 0 Å². The van der Waals surface area contributed by atoms with Crippen molar-refractivity contribution in [1.82, 2.24) is 4.90 Å². The maximum Gasteiger partial charge on any atom is 0.223 e. The lowest BCUT2D eigenvalue weighted by molar-refractivity contribution is -0.129. The van der Waals surface area contributed by atoms with Crippen LogP contribution in [0.1, 0.15) is 27.2 Å². The standard InChI is InChI=1S/C8H18N2OS.C2H6/c1-3-12-7-4-8(11)10(2)6-5-9;1-2/h3-7,9H2,1-2H3;1-2H3. The molecule has 0 aliphatic carbocycles. The zero-order valence-corrected chi connectivity index (χ0v) is 10.7. The van der Waals surface area contributed by atoms with Crippen LogP contribution in [0.25, 0.3) is 0 Å². The van der Waals surface area contributed by atoms with Gasteiger partial charge in [0.1, 0.15) is 0 Å². The zero-order chi connectivity index (χ0) is 11.4. The van der Waals surface area contributed by atoms with Crippen molar-refractivity contribution in [3.05, 3.63) is 0 Å². The SMILES string of the molecule is CC.CCSCCC(=O)N(C)CCN. The van der Waals surface area contributed by atoms with Gasteiger partial charge in [-0.15, -0.1) is 0 Å². The van der Waals surface area contributed by atoms with Crippen LogP contribution in [0.2, 0.25) is 0 Å². The van der Waals surface area contributed by atoms with E-state index in [0.717, 1.165) is 11.5 Å².